The molecule has 0 aliphatic rings. The van der Waals surface area contributed by atoms with Crippen LogP contribution in [0.1, 0.15) is 0 Å². The van der Waals surface area contributed by atoms with E-state index in [2.05, 4.69) is 4.98 Å². The predicted octanol–water partition coefficient (Wildman–Crippen LogP) is 0.437. The van der Waals surface area contributed by atoms with Gasteiger partial charge in [-0.1, -0.05) is 18.2 Å². The minimum Gasteiger partial charge on any atom is -0.496 e. The third-order valence-corrected chi connectivity index (χ3v) is 2.53. The van der Waals surface area contributed by atoms with Crippen LogP contribution in [0.5, 0.6) is 5.75 Å². The van der Waals surface area contributed by atoms with Gasteiger partial charge < -0.3 is 14.8 Å². The molecule has 0 saturated carbocycles. The Bertz CT molecular complexity index is 517. The number of pyridine rings is 1. The van der Waals surface area contributed by atoms with Gasteiger partial charge in [-0.3, -0.25) is 4.98 Å². The molecule has 17 heavy (non-hydrogen) atoms. The van der Waals surface area contributed by atoms with Gasteiger partial charge in [-0.05, 0) is 17.7 Å². The molecule has 4 nitrogen and oxygen atoms in total. The lowest BCUT2D eigenvalue weighted by Gasteiger charge is -2.11. The lowest BCUT2D eigenvalue weighted by molar-refractivity contribution is 0.416. The summed E-state index contributed by atoms with van der Waals surface area (Å²) in [5, 5.41) is 18.6. The molecule has 5 heteroatoms. The van der Waals surface area contributed by atoms with E-state index in [9.17, 15) is 10.0 Å². The maximum Gasteiger partial charge on any atom is 0.490 e. The second kappa shape index (κ2) is 4.99. The van der Waals surface area contributed by atoms with Crippen LogP contribution in [0.25, 0.3) is 11.1 Å². The van der Waals surface area contributed by atoms with Crippen LogP contribution in [0.3, 0.4) is 0 Å². The molecule has 1 aromatic carbocycles. The van der Waals surface area contributed by atoms with Gasteiger partial charge in [0.1, 0.15) is 5.75 Å². The quantitative estimate of drug-likeness (QED) is 0.749. The topological polar surface area (TPSA) is 62.6 Å². The third kappa shape index (κ3) is 2.30. The fourth-order valence-electron chi connectivity index (χ4n) is 1.72. The predicted molar refractivity (Wildman–Crippen MR) is 66.1 cm³/mol. The summed E-state index contributed by atoms with van der Waals surface area (Å²) in [7, 11) is 0.0262. The van der Waals surface area contributed by atoms with Crippen LogP contribution in [0, 0.1) is 0 Å². The summed E-state index contributed by atoms with van der Waals surface area (Å²) in [5.74, 6) is 0.681. The van der Waals surface area contributed by atoms with Crippen molar-refractivity contribution >= 4 is 12.6 Å². The van der Waals surface area contributed by atoms with E-state index in [4.69, 9.17) is 4.74 Å². The lowest BCUT2D eigenvalue weighted by atomic mass is 9.76. The first-order valence-corrected chi connectivity index (χ1v) is 5.17. The molecule has 0 bridgehead atoms. The van der Waals surface area contributed by atoms with Gasteiger partial charge in [-0.25, -0.2) is 0 Å². The van der Waals surface area contributed by atoms with Crippen molar-refractivity contribution in [1.82, 2.24) is 4.98 Å². The molecule has 2 rings (SSSR count). The van der Waals surface area contributed by atoms with E-state index in [0.29, 0.717) is 16.8 Å². The van der Waals surface area contributed by atoms with E-state index in [-0.39, 0.29) is 0 Å². The van der Waals surface area contributed by atoms with Crippen molar-refractivity contribution in [3.05, 3.63) is 42.7 Å². The first kappa shape index (κ1) is 11.6. The monoisotopic (exact) mass is 229 g/mol. The highest BCUT2D eigenvalue weighted by molar-refractivity contribution is 6.60. The average Bonchev–Trinajstić information content (AvgIpc) is 2.38. The summed E-state index contributed by atoms with van der Waals surface area (Å²) < 4.78 is 5.25. The number of benzene rings is 1. The maximum atomic E-state index is 9.30. The van der Waals surface area contributed by atoms with Gasteiger partial charge in [0.15, 0.2) is 0 Å². The zero-order chi connectivity index (χ0) is 12.3. The first-order valence-electron chi connectivity index (χ1n) is 5.17. The van der Waals surface area contributed by atoms with Crippen LogP contribution in [-0.4, -0.2) is 29.3 Å². The Labute approximate surface area is 99.7 Å². The Morgan fingerprint density at radius 3 is 2.59 bits per heavy atom. The van der Waals surface area contributed by atoms with Crippen molar-refractivity contribution in [2.75, 3.05) is 7.11 Å². The van der Waals surface area contributed by atoms with E-state index in [1.165, 1.54) is 6.20 Å². The molecule has 2 N–H and O–H groups in total. The Balaban J connectivity index is 2.60. The van der Waals surface area contributed by atoms with Crippen molar-refractivity contribution in [1.29, 1.82) is 0 Å². The standard InChI is InChI=1S/C12H12BNO3/c1-17-12-5-3-2-4-10(12)9-6-7-14-8-11(9)13(15)16/h2-8,15-16H,1H3. The molecule has 0 radical (unpaired) electrons. The number of para-hydroxylation sites is 1. The number of nitrogens with zero attached hydrogens (tertiary/aromatic N) is 1. The number of hydrogen-bond acceptors (Lipinski definition) is 4. The van der Waals surface area contributed by atoms with Gasteiger partial charge in [0, 0.05) is 23.4 Å². The number of methoxy groups -OCH3 is 1. The number of aromatic nitrogens is 1. The molecule has 0 saturated heterocycles. The van der Waals surface area contributed by atoms with E-state index < -0.39 is 7.12 Å². The molecular formula is C12H12BNO3. The van der Waals surface area contributed by atoms with Crippen molar-refractivity contribution in [3.63, 3.8) is 0 Å². The van der Waals surface area contributed by atoms with Crippen LogP contribution in [-0.2, 0) is 0 Å². The normalized spacial score (nSPS) is 10.1. The Kier molecular flexibility index (Phi) is 3.42. The van der Waals surface area contributed by atoms with Crippen LogP contribution < -0.4 is 10.2 Å². The fraction of sp³-hybridized carbons (Fsp3) is 0.0833. The fourth-order valence-corrected chi connectivity index (χ4v) is 1.72. The number of ether oxygens (including phenoxy) is 1. The molecule has 86 valence electrons. The largest absolute Gasteiger partial charge is 0.496 e. The average molecular weight is 229 g/mol. The summed E-state index contributed by atoms with van der Waals surface area (Å²) in [6, 6.07) is 9.14. The van der Waals surface area contributed by atoms with Crippen molar-refractivity contribution in [2.45, 2.75) is 0 Å². The summed E-state index contributed by atoms with van der Waals surface area (Å²) in [6.45, 7) is 0. The van der Waals surface area contributed by atoms with Crippen molar-refractivity contribution in [2.24, 2.45) is 0 Å². The van der Waals surface area contributed by atoms with Crippen LogP contribution in [0.2, 0.25) is 0 Å². The van der Waals surface area contributed by atoms with Gasteiger partial charge in [-0.2, -0.15) is 0 Å². The van der Waals surface area contributed by atoms with Gasteiger partial charge >= 0.3 is 7.12 Å². The Morgan fingerprint density at radius 1 is 1.12 bits per heavy atom. The lowest BCUT2D eigenvalue weighted by Crippen LogP contribution is -2.32. The van der Waals surface area contributed by atoms with Crippen LogP contribution in [0.4, 0.5) is 0 Å². The first-order chi connectivity index (χ1) is 8.24. The van der Waals surface area contributed by atoms with Crippen molar-refractivity contribution in [3.8, 4) is 16.9 Å². The molecule has 1 aromatic heterocycles. The van der Waals surface area contributed by atoms with E-state index in [0.717, 1.165) is 5.56 Å². The smallest absolute Gasteiger partial charge is 0.490 e. The van der Waals surface area contributed by atoms with Crippen LogP contribution in [0.15, 0.2) is 42.7 Å². The van der Waals surface area contributed by atoms with Crippen molar-refractivity contribution < 1.29 is 14.8 Å². The molecule has 0 aliphatic carbocycles. The third-order valence-electron chi connectivity index (χ3n) is 2.53. The molecule has 0 atom stereocenters. The van der Waals surface area contributed by atoms with Gasteiger partial charge in [-0.15, -0.1) is 0 Å². The molecule has 0 aliphatic heterocycles. The molecule has 0 amide bonds. The summed E-state index contributed by atoms with van der Waals surface area (Å²) in [5.41, 5.74) is 1.87. The second-order valence-corrected chi connectivity index (χ2v) is 3.54. The molecule has 2 aromatic rings. The summed E-state index contributed by atoms with van der Waals surface area (Å²) in [4.78, 5) is 3.89. The van der Waals surface area contributed by atoms with E-state index >= 15 is 0 Å². The molecular weight excluding hydrogens is 217 g/mol. The maximum absolute atomic E-state index is 9.30. The summed E-state index contributed by atoms with van der Waals surface area (Å²) in [6.07, 6.45) is 3.04. The zero-order valence-electron chi connectivity index (χ0n) is 9.37. The number of rotatable bonds is 3. The Morgan fingerprint density at radius 2 is 1.88 bits per heavy atom. The summed E-state index contributed by atoms with van der Waals surface area (Å²) >= 11 is 0. The highest BCUT2D eigenvalue weighted by atomic mass is 16.5. The Hall–Kier alpha value is -1.85. The van der Waals surface area contributed by atoms with Gasteiger partial charge in [0.2, 0.25) is 0 Å². The minimum absolute atomic E-state index is 0.358. The van der Waals surface area contributed by atoms with Gasteiger partial charge in [0.05, 0.1) is 7.11 Å². The van der Waals surface area contributed by atoms with E-state index in [1.807, 2.05) is 24.3 Å². The molecule has 1 heterocycles. The molecule has 0 unspecified atom stereocenters. The number of hydrogen-bond donors (Lipinski definition) is 2. The van der Waals surface area contributed by atoms with Gasteiger partial charge in [0.25, 0.3) is 0 Å². The highest BCUT2D eigenvalue weighted by Crippen LogP contribution is 2.27. The highest BCUT2D eigenvalue weighted by Gasteiger charge is 2.18. The second-order valence-electron chi connectivity index (χ2n) is 3.54. The zero-order valence-corrected chi connectivity index (χ0v) is 9.37. The molecule has 0 fully saturated rings. The molecule has 0 spiro atoms. The van der Waals surface area contributed by atoms with Crippen LogP contribution >= 0.6 is 0 Å². The van der Waals surface area contributed by atoms with E-state index in [1.54, 1.807) is 19.4 Å². The SMILES string of the molecule is COc1ccccc1-c1ccncc1B(O)O. The minimum atomic E-state index is -1.55.